The summed E-state index contributed by atoms with van der Waals surface area (Å²) in [6, 6.07) is 1.65. The molecular weight excluding hydrogens is 278 g/mol. The van der Waals surface area contributed by atoms with Crippen LogP contribution >= 0.6 is 11.8 Å². The second-order valence-corrected chi connectivity index (χ2v) is 5.88. The highest BCUT2D eigenvalue weighted by Gasteiger charge is 2.22. The molecule has 1 fully saturated rings. The van der Waals surface area contributed by atoms with Gasteiger partial charge in [-0.2, -0.15) is 0 Å². The number of piperidine rings is 1. The number of nitrogens with zero attached hydrogens (tertiary/aromatic N) is 3. The summed E-state index contributed by atoms with van der Waals surface area (Å²) in [5.74, 6) is -0.330. The monoisotopic (exact) mass is 295 g/mol. The van der Waals surface area contributed by atoms with Gasteiger partial charge in [0, 0.05) is 31.3 Å². The molecule has 0 atom stereocenters. The number of amides is 1. The molecule has 0 aliphatic carbocycles. The Morgan fingerprint density at radius 3 is 2.65 bits per heavy atom. The number of methoxy groups -OCH3 is 1. The standard InChI is InChI=1S/C13H17N3O3S/c1-9(17)16-5-3-10(4-6-16)20-12-7-11(13(18)19-2)14-8-15-12/h7-8,10H,3-6H2,1-2H3. The quantitative estimate of drug-likeness (QED) is 0.619. The van der Waals surface area contributed by atoms with Crippen molar-refractivity contribution in [3.63, 3.8) is 0 Å². The molecule has 0 unspecified atom stereocenters. The zero-order chi connectivity index (χ0) is 14.5. The minimum atomic E-state index is -0.458. The first-order valence-corrected chi connectivity index (χ1v) is 7.30. The third kappa shape index (κ3) is 3.69. The van der Waals surface area contributed by atoms with Crippen molar-refractivity contribution in [2.75, 3.05) is 20.2 Å². The molecule has 108 valence electrons. The Balaban J connectivity index is 1.94. The van der Waals surface area contributed by atoms with Gasteiger partial charge >= 0.3 is 5.97 Å². The van der Waals surface area contributed by atoms with Crippen LogP contribution in [0.5, 0.6) is 0 Å². The van der Waals surface area contributed by atoms with Gasteiger partial charge in [-0.3, -0.25) is 4.79 Å². The van der Waals surface area contributed by atoms with Gasteiger partial charge in [-0.15, -0.1) is 11.8 Å². The van der Waals surface area contributed by atoms with Crippen LogP contribution in [0.1, 0.15) is 30.3 Å². The van der Waals surface area contributed by atoms with Crippen molar-refractivity contribution in [2.24, 2.45) is 0 Å². The van der Waals surface area contributed by atoms with Crippen molar-refractivity contribution < 1.29 is 14.3 Å². The predicted molar refractivity (Wildman–Crippen MR) is 74.5 cm³/mol. The fourth-order valence-electron chi connectivity index (χ4n) is 2.08. The second kappa shape index (κ2) is 6.69. The van der Waals surface area contributed by atoms with E-state index in [1.165, 1.54) is 13.4 Å². The largest absolute Gasteiger partial charge is 0.464 e. The van der Waals surface area contributed by atoms with Crippen molar-refractivity contribution >= 4 is 23.6 Å². The van der Waals surface area contributed by atoms with Crippen molar-refractivity contribution in [2.45, 2.75) is 30.0 Å². The molecule has 0 bridgehead atoms. The summed E-state index contributed by atoms with van der Waals surface area (Å²) in [6.45, 7) is 3.16. The van der Waals surface area contributed by atoms with E-state index in [-0.39, 0.29) is 11.6 Å². The van der Waals surface area contributed by atoms with E-state index < -0.39 is 5.97 Å². The van der Waals surface area contributed by atoms with Gasteiger partial charge in [0.25, 0.3) is 0 Å². The molecule has 2 heterocycles. The lowest BCUT2D eigenvalue weighted by Gasteiger charge is -2.30. The van der Waals surface area contributed by atoms with Crippen LogP contribution in [0.2, 0.25) is 0 Å². The van der Waals surface area contributed by atoms with Crippen LogP contribution in [0.15, 0.2) is 17.4 Å². The van der Waals surface area contributed by atoms with Crippen LogP contribution in [-0.2, 0) is 9.53 Å². The number of carbonyl (C=O) groups is 2. The Kier molecular flexibility index (Phi) is 4.94. The molecule has 0 radical (unpaired) electrons. The lowest BCUT2D eigenvalue weighted by atomic mass is 10.1. The lowest BCUT2D eigenvalue weighted by molar-refractivity contribution is -0.129. The van der Waals surface area contributed by atoms with Crippen LogP contribution in [0, 0.1) is 0 Å². The molecular formula is C13H17N3O3S. The summed E-state index contributed by atoms with van der Waals surface area (Å²) >= 11 is 1.62. The fourth-order valence-corrected chi connectivity index (χ4v) is 3.16. The molecule has 0 N–H and O–H groups in total. The van der Waals surface area contributed by atoms with E-state index in [2.05, 4.69) is 14.7 Å². The topological polar surface area (TPSA) is 72.4 Å². The predicted octanol–water partition coefficient (Wildman–Crippen LogP) is 1.37. The average Bonchev–Trinajstić information content (AvgIpc) is 2.47. The highest BCUT2D eigenvalue weighted by molar-refractivity contribution is 7.99. The Bertz CT molecular complexity index is 501. The summed E-state index contributed by atoms with van der Waals surface area (Å²) in [5.41, 5.74) is 0.270. The molecule has 6 nitrogen and oxygen atoms in total. The summed E-state index contributed by atoms with van der Waals surface area (Å²) in [5, 5.41) is 1.17. The first-order chi connectivity index (χ1) is 9.60. The Morgan fingerprint density at radius 2 is 2.05 bits per heavy atom. The van der Waals surface area contributed by atoms with E-state index in [0.717, 1.165) is 31.0 Å². The number of likely N-dealkylation sites (tertiary alicyclic amines) is 1. The van der Waals surface area contributed by atoms with Crippen LogP contribution in [0.25, 0.3) is 0 Å². The van der Waals surface area contributed by atoms with Gasteiger partial charge in [-0.05, 0) is 12.8 Å². The molecule has 20 heavy (non-hydrogen) atoms. The minimum Gasteiger partial charge on any atom is -0.464 e. The molecule has 1 aromatic rings. The van der Waals surface area contributed by atoms with Crippen LogP contribution in [0.3, 0.4) is 0 Å². The lowest BCUT2D eigenvalue weighted by Crippen LogP contribution is -2.37. The SMILES string of the molecule is COC(=O)c1cc(SC2CCN(C(C)=O)CC2)ncn1. The van der Waals surface area contributed by atoms with Gasteiger partial charge in [0.1, 0.15) is 11.4 Å². The summed E-state index contributed by atoms with van der Waals surface area (Å²) in [6.07, 6.45) is 3.24. The molecule has 2 rings (SSSR count). The van der Waals surface area contributed by atoms with Gasteiger partial charge in [-0.25, -0.2) is 14.8 Å². The number of rotatable bonds is 3. The number of hydrogen-bond donors (Lipinski definition) is 0. The van der Waals surface area contributed by atoms with Crippen LogP contribution in [0.4, 0.5) is 0 Å². The first kappa shape index (κ1) is 14.8. The van der Waals surface area contributed by atoms with Gasteiger partial charge in [0.2, 0.25) is 5.91 Å². The van der Waals surface area contributed by atoms with Gasteiger partial charge < -0.3 is 9.64 Å². The summed E-state index contributed by atoms with van der Waals surface area (Å²) in [4.78, 5) is 32.6. The second-order valence-electron chi connectivity index (χ2n) is 4.56. The van der Waals surface area contributed by atoms with Crippen molar-refractivity contribution in [3.8, 4) is 0 Å². The first-order valence-electron chi connectivity index (χ1n) is 6.42. The fraction of sp³-hybridized carbons (Fsp3) is 0.538. The zero-order valence-electron chi connectivity index (χ0n) is 11.5. The Morgan fingerprint density at radius 1 is 1.35 bits per heavy atom. The zero-order valence-corrected chi connectivity index (χ0v) is 12.4. The maximum atomic E-state index is 11.4. The van der Waals surface area contributed by atoms with Crippen LogP contribution in [-0.4, -0.2) is 52.2 Å². The third-order valence-electron chi connectivity index (χ3n) is 3.21. The van der Waals surface area contributed by atoms with E-state index in [1.54, 1.807) is 24.8 Å². The van der Waals surface area contributed by atoms with E-state index in [9.17, 15) is 9.59 Å². The normalized spacial score (nSPS) is 16.0. The van der Waals surface area contributed by atoms with Gasteiger partial charge in [-0.1, -0.05) is 0 Å². The third-order valence-corrected chi connectivity index (χ3v) is 4.48. The average molecular weight is 295 g/mol. The van der Waals surface area contributed by atoms with Crippen LogP contribution < -0.4 is 0 Å². The molecule has 0 aromatic carbocycles. The highest BCUT2D eigenvalue weighted by Crippen LogP contribution is 2.29. The van der Waals surface area contributed by atoms with E-state index in [4.69, 9.17) is 0 Å². The minimum absolute atomic E-state index is 0.128. The van der Waals surface area contributed by atoms with Crippen molar-refractivity contribution in [3.05, 3.63) is 18.1 Å². The number of carbonyl (C=O) groups excluding carboxylic acids is 2. The Labute approximate surface area is 121 Å². The molecule has 1 aliphatic rings. The number of aromatic nitrogens is 2. The van der Waals surface area contributed by atoms with E-state index in [0.29, 0.717) is 5.25 Å². The molecule has 1 aliphatic heterocycles. The molecule has 7 heteroatoms. The molecule has 0 spiro atoms. The smallest absolute Gasteiger partial charge is 0.356 e. The maximum absolute atomic E-state index is 11.4. The van der Waals surface area contributed by atoms with E-state index >= 15 is 0 Å². The summed E-state index contributed by atoms with van der Waals surface area (Å²) < 4.78 is 4.64. The highest BCUT2D eigenvalue weighted by atomic mass is 32.2. The van der Waals surface area contributed by atoms with E-state index in [1.807, 2.05) is 4.90 Å². The molecule has 1 amide bonds. The van der Waals surface area contributed by atoms with Gasteiger partial charge in [0.15, 0.2) is 5.69 Å². The molecule has 1 aromatic heterocycles. The maximum Gasteiger partial charge on any atom is 0.356 e. The molecule has 1 saturated heterocycles. The number of hydrogen-bond acceptors (Lipinski definition) is 6. The number of thioether (sulfide) groups is 1. The van der Waals surface area contributed by atoms with Crippen molar-refractivity contribution in [1.82, 2.24) is 14.9 Å². The Hall–Kier alpha value is -1.63. The van der Waals surface area contributed by atoms with Crippen molar-refractivity contribution in [1.29, 1.82) is 0 Å². The number of esters is 1. The summed E-state index contributed by atoms with van der Waals surface area (Å²) in [7, 11) is 1.33. The number of ether oxygens (including phenoxy) is 1. The van der Waals surface area contributed by atoms with Gasteiger partial charge in [0.05, 0.1) is 7.11 Å². The molecule has 0 saturated carbocycles.